The summed E-state index contributed by atoms with van der Waals surface area (Å²) in [6.45, 7) is 9.71. The van der Waals surface area contributed by atoms with Crippen LogP contribution < -0.4 is 0 Å². The Kier molecular flexibility index (Phi) is 20.0. The minimum absolute atomic E-state index is 1.36. The first-order valence-electron chi connectivity index (χ1n) is 3.90. The van der Waals surface area contributed by atoms with Crippen LogP contribution in [0.4, 0.5) is 0 Å². The van der Waals surface area contributed by atoms with Gasteiger partial charge in [0.2, 0.25) is 0 Å². The van der Waals surface area contributed by atoms with Gasteiger partial charge in [0.15, 0.2) is 0 Å². The predicted molar refractivity (Wildman–Crippen MR) is 45.7 cm³/mol. The molecule has 0 unspecified atom stereocenters. The summed E-state index contributed by atoms with van der Waals surface area (Å²) in [4.78, 5) is 0. The van der Waals surface area contributed by atoms with E-state index in [9.17, 15) is 0 Å². The number of hydrogen-bond acceptors (Lipinski definition) is 0. The Bertz CT molecular complexity index is 33.3. The van der Waals surface area contributed by atoms with Gasteiger partial charge in [-0.1, -0.05) is 45.6 Å². The molecular formula is C9H20. The molecule has 0 atom stereocenters. The van der Waals surface area contributed by atoms with Gasteiger partial charge in [-0.15, -0.1) is 6.58 Å². The van der Waals surface area contributed by atoms with Crippen molar-refractivity contribution in [1.29, 1.82) is 0 Å². The molecule has 0 saturated carbocycles. The lowest BCUT2D eigenvalue weighted by Crippen LogP contribution is -1.66. The molecule has 0 heterocycles. The van der Waals surface area contributed by atoms with E-state index in [2.05, 4.69) is 20.4 Å². The van der Waals surface area contributed by atoms with Crippen LogP contribution in [0.3, 0.4) is 0 Å². The number of rotatable bonds is 3. The SMILES string of the molecule is C=CC.CCCCCC. The zero-order chi connectivity index (χ0) is 7.54. The fourth-order valence-electron chi connectivity index (χ4n) is 0.500. The monoisotopic (exact) mass is 128 g/mol. The highest BCUT2D eigenvalue weighted by atomic mass is 13.8. The molecule has 0 aliphatic rings. The van der Waals surface area contributed by atoms with E-state index in [1.54, 1.807) is 6.08 Å². The van der Waals surface area contributed by atoms with Crippen molar-refractivity contribution in [3.8, 4) is 0 Å². The zero-order valence-corrected chi connectivity index (χ0v) is 7.11. The van der Waals surface area contributed by atoms with Crippen LogP contribution in [-0.2, 0) is 0 Å². The molecule has 0 nitrogen and oxygen atoms in total. The van der Waals surface area contributed by atoms with Crippen LogP contribution in [0.25, 0.3) is 0 Å². The normalized spacial score (nSPS) is 7.44. The summed E-state index contributed by atoms with van der Waals surface area (Å²) in [7, 11) is 0. The van der Waals surface area contributed by atoms with Crippen LogP contribution >= 0.6 is 0 Å². The van der Waals surface area contributed by atoms with E-state index in [1.165, 1.54) is 25.7 Å². The van der Waals surface area contributed by atoms with Crippen molar-refractivity contribution in [1.82, 2.24) is 0 Å². The highest BCUT2D eigenvalue weighted by Gasteiger charge is 1.75. The molecule has 0 bridgehead atoms. The topological polar surface area (TPSA) is 0 Å². The van der Waals surface area contributed by atoms with E-state index in [4.69, 9.17) is 0 Å². The van der Waals surface area contributed by atoms with Gasteiger partial charge in [-0.05, 0) is 6.92 Å². The maximum atomic E-state index is 3.36. The number of unbranched alkanes of at least 4 members (excludes halogenated alkanes) is 3. The molecule has 0 fully saturated rings. The lowest BCUT2D eigenvalue weighted by molar-refractivity contribution is 0.702. The van der Waals surface area contributed by atoms with Gasteiger partial charge in [0.05, 0.1) is 0 Å². The summed E-state index contributed by atoms with van der Waals surface area (Å²) in [5.74, 6) is 0. The molecule has 9 heavy (non-hydrogen) atoms. The Labute approximate surface area is 60.0 Å². The third kappa shape index (κ3) is 34.0. The van der Waals surface area contributed by atoms with Gasteiger partial charge in [-0.3, -0.25) is 0 Å². The summed E-state index contributed by atoms with van der Waals surface area (Å²) in [5.41, 5.74) is 0. The minimum Gasteiger partial charge on any atom is -0.103 e. The highest BCUT2D eigenvalue weighted by Crippen LogP contribution is 1.95. The Balaban J connectivity index is 0. The van der Waals surface area contributed by atoms with Crippen molar-refractivity contribution in [2.75, 3.05) is 0 Å². The Morgan fingerprint density at radius 2 is 1.33 bits per heavy atom. The molecule has 0 aliphatic heterocycles. The molecule has 0 heteroatoms. The Morgan fingerprint density at radius 3 is 1.44 bits per heavy atom. The molecule has 0 aromatic carbocycles. The maximum absolute atomic E-state index is 3.36. The van der Waals surface area contributed by atoms with Crippen molar-refractivity contribution < 1.29 is 0 Å². The molecular weight excluding hydrogens is 108 g/mol. The molecule has 0 amide bonds. The largest absolute Gasteiger partial charge is 0.103 e. The average Bonchev–Trinajstić information content (AvgIpc) is 1.86. The lowest BCUT2D eigenvalue weighted by atomic mass is 10.2. The third-order valence-corrected chi connectivity index (χ3v) is 0.957. The van der Waals surface area contributed by atoms with Gasteiger partial charge in [-0.25, -0.2) is 0 Å². The van der Waals surface area contributed by atoms with Gasteiger partial charge >= 0.3 is 0 Å². The zero-order valence-electron chi connectivity index (χ0n) is 7.11. The molecule has 0 N–H and O–H groups in total. The summed E-state index contributed by atoms with van der Waals surface area (Å²) < 4.78 is 0. The fourth-order valence-corrected chi connectivity index (χ4v) is 0.500. The van der Waals surface area contributed by atoms with Gasteiger partial charge in [0.25, 0.3) is 0 Å². The predicted octanol–water partition coefficient (Wildman–Crippen LogP) is 3.78. The fraction of sp³-hybridized carbons (Fsp3) is 0.778. The van der Waals surface area contributed by atoms with Crippen LogP contribution in [0.5, 0.6) is 0 Å². The second-order valence-corrected chi connectivity index (χ2v) is 2.12. The van der Waals surface area contributed by atoms with Crippen LogP contribution in [0, 0.1) is 0 Å². The van der Waals surface area contributed by atoms with Crippen molar-refractivity contribution in [3.63, 3.8) is 0 Å². The van der Waals surface area contributed by atoms with Crippen LogP contribution in [0.1, 0.15) is 46.5 Å². The van der Waals surface area contributed by atoms with Gasteiger partial charge in [0.1, 0.15) is 0 Å². The van der Waals surface area contributed by atoms with E-state index < -0.39 is 0 Å². The second-order valence-electron chi connectivity index (χ2n) is 2.12. The molecule has 0 aromatic rings. The maximum Gasteiger partial charge on any atom is -0.0473 e. The third-order valence-electron chi connectivity index (χ3n) is 0.957. The van der Waals surface area contributed by atoms with E-state index in [0.29, 0.717) is 0 Å². The molecule has 56 valence electrons. The molecule has 0 radical (unpaired) electrons. The van der Waals surface area contributed by atoms with Crippen molar-refractivity contribution in [2.45, 2.75) is 46.5 Å². The average molecular weight is 128 g/mol. The molecule has 0 spiro atoms. The Hall–Kier alpha value is -0.260. The van der Waals surface area contributed by atoms with Crippen LogP contribution in [0.2, 0.25) is 0 Å². The van der Waals surface area contributed by atoms with E-state index in [-0.39, 0.29) is 0 Å². The van der Waals surface area contributed by atoms with Crippen LogP contribution in [0.15, 0.2) is 12.7 Å². The molecule has 0 rings (SSSR count). The first-order valence-corrected chi connectivity index (χ1v) is 3.90. The summed E-state index contributed by atoms with van der Waals surface area (Å²) in [6.07, 6.45) is 7.29. The smallest absolute Gasteiger partial charge is 0.0473 e. The van der Waals surface area contributed by atoms with Gasteiger partial charge < -0.3 is 0 Å². The second kappa shape index (κ2) is 15.6. The molecule has 0 aliphatic carbocycles. The highest BCUT2D eigenvalue weighted by molar-refractivity contribution is 4.51. The summed E-state index contributed by atoms with van der Waals surface area (Å²) >= 11 is 0. The number of hydrogen-bond donors (Lipinski definition) is 0. The first-order chi connectivity index (χ1) is 4.33. The number of allylic oxidation sites excluding steroid dienone is 1. The van der Waals surface area contributed by atoms with Crippen LogP contribution in [-0.4, -0.2) is 0 Å². The Morgan fingerprint density at radius 1 is 1.11 bits per heavy atom. The van der Waals surface area contributed by atoms with Crippen molar-refractivity contribution in [3.05, 3.63) is 12.7 Å². The first kappa shape index (κ1) is 11.5. The minimum atomic E-state index is 1.36. The van der Waals surface area contributed by atoms with Crippen molar-refractivity contribution >= 4 is 0 Å². The quantitative estimate of drug-likeness (QED) is 0.401. The molecule has 0 saturated heterocycles. The van der Waals surface area contributed by atoms with Gasteiger partial charge in [-0.2, -0.15) is 0 Å². The lowest BCUT2D eigenvalue weighted by Gasteiger charge is -1.86. The van der Waals surface area contributed by atoms with E-state index in [1.807, 2.05) is 6.92 Å². The summed E-state index contributed by atoms with van der Waals surface area (Å²) in [5, 5.41) is 0. The van der Waals surface area contributed by atoms with Gasteiger partial charge in [0, 0.05) is 0 Å². The molecule has 0 aromatic heterocycles. The standard InChI is InChI=1S/C6H14.C3H6/c1-3-5-6-4-2;1-3-2/h3-6H2,1-2H3;3H,1H2,2H3. The van der Waals surface area contributed by atoms with E-state index >= 15 is 0 Å². The van der Waals surface area contributed by atoms with E-state index in [0.717, 1.165) is 0 Å². The summed E-state index contributed by atoms with van der Waals surface area (Å²) in [6, 6.07) is 0. The van der Waals surface area contributed by atoms with Crippen molar-refractivity contribution in [2.24, 2.45) is 0 Å².